The fraction of sp³-hybridized carbons (Fsp3) is 0.200. The zero-order chi connectivity index (χ0) is 28.1. The molecule has 2 N–H and O–H groups in total. The van der Waals surface area contributed by atoms with Crippen molar-refractivity contribution in [2.45, 2.75) is 12.5 Å². The molecule has 0 saturated heterocycles. The van der Waals surface area contributed by atoms with Crippen LogP contribution in [0, 0.1) is 0 Å². The molecule has 4 rings (SSSR count). The molecule has 0 saturated carbocycles. The van der Waals surface area contributed by atoms with Gasteiger partial charge in [0.2, 0.25) is 0 Å². The van der Waals surface area contributed by atoms with E-state index in [2.05, 4.69) is 0 Å². The molecule has 1 unspecified atom stereocenters. The molecule has 0 fully saturated rings. The number of benzene rings is 3. The van der Waals surface area contributed by atoms with Gasteiger partial charge in [0.1, 0.15) is 40.4 Å². The highest BCUT2D eigenvalue weighted by atomic mass is 16.5. The molecule has 0 amide bonds. The first kappa shape index (κ1) is 27.1. The van der Waals surface area contributed by atoms with E-state index in [1.54, 1.807) is 42.5 Å². The summed E-state index contributed by atoms with van der Waals surface area (Å²) in [6, 6.07) is 14.3. The second kappa shape index (κ2) is 11.6. The molecular weight excluding hydrogens is 504 g/mol. The Hall–Kier alpha value is -4.92. The van der Waals surface area contributed by atoms with Gasteiger partial charge in [-0.15, -0.1) is 0 Å². The first-order valence-electron chi connectivity index (χ1n) is 11.9. The van der Waals surface area contributed by atoms with E-state index in [1.165, 1.54) is 52.7 Å². The minimum absolute atomic E-state index is 0.0716. The van der Waals surface area contributed by atoms with Gasteiger partial charge >= 0.3 is 0 Å². The fourth-order valence-corrected chi connectivity index (χ4v) is 4.30. The molecule has 1 heterocycles. The topological polar surface area (TPSA) is 121 Å². The Morgan fingerprint density at radius 1 is 0.872 bits per heavy atom. The number of ketones is 2. The Morgan fingerprint density at radius 2 is 1.59 bits per heavy atom. The van der Waals surface area contributed by atoms with Crippen LogP contribution in [0.15, 0.2) is 66.2 Å². The van der Waals surface area contributed by atoms with Crippen molar-refractivity contribution in [2.24, 2.45) is 0 Å². The third-order valence-corrected chi connectivity index (χ3v) is 6.25. The van der Waals surface area contributed by atoms with E-state index in [4.69, 9.17) is 23.7 Å². The Morgan fingerprint density at radius 3 is 2.26 bits per heavy atom. The highest BCUT2D eigenvalue weighted by Gasteiger charge is 2.36. The summed E-state index contributed by atoms with van der Waals surface area (Å²) in [6.07, 6.45) is 1.33. The van der Waals surface area contributed by atoms with Crippen LogP contribution in [0.2, 0.25) is 0 Å². The summed E-state index contributed by atoms with van der Waals surface area (Å²) < 4.78 is 27.4. The number of carbonyl (C=O) groups excluding carboxylic acids is 2. The molecule has 0 aromatic heterocycles. The standard InChI is InChI=1S/C30H28O9/c1-35-18-14-25(38-4)29-26(15-18)39-27(16-22(33)19-7-5-6-8-20(19)31)28(30(29)34)21(32)11-9-17-10-12-23(36-2)24(13-17)37-3/h5-15,27,31,34H,16H2,1-4H3/b11-9+. The number of carbonyl (C=O) groups is 2. The molecule has 3 aromatic carbocycles. The maximum absolute atomic E-state index is 13.5. The number of phenols is 1. The van der Waals surface area contributed by atoms with Gasteiger partial charge in [0, 0.05) is 12.1 Å². The Kier molecular flexibility index (Phi) is 8.10. The Bertz CT molecular complexity index is 1470. The number of fused-ring (bicyclic) bond motifs is 1. The van der Waals surface area contributed by atoms with Crippen LogP contribution in [-0.4, -0.2) is 56.3 Å². The summed E-state index contributed by atoms with van der Waals surface area (Å²) >= 11 is 0. The van der Waals surface area contributed by atoms with Gasteiger partial charge in [-0.3, -0.25) is 9.59 Å². The minimum atomic E-state index is -1.16. The summed E-state index contributed by atoms with van der Waals surface area (Å²) in [6.45, 7) is 0. The van der Waals surface area contributed by atoms with Crippen molar-refractivity contribution in [1.29, 1.82) is 0 Å². The van der Waals surface area contributed by atoms with Crippen LogP contribution in [0.5, 0.6) is 34.5 Å². The number of phenolic OH excluding ortho intramolecular Hbond substituents is 1. The molecular formula is C30H28O9. The SMILES string of the molecule is COc1cc(OC)c2c(c1)OC(CC(=O)c1ccccc1O)C(C(=O)/C=C/c1ccc(OC)c(OC)c1)=C2O. The number of ether oxygens (including phenoxy) is 5. The zero-order valence-electron chi connectivity index (χ0n) is 21.9. The number of aliphatic hydroxyl groups excluding tert-OH is 1. The average Bonchev–Trinajstić information content (AvgIpc) is 2.95. The third kappa shape index (κ3) is 5.52. The van der Waals surface area contributed by atoms with E-state index < -0.39 is 17.7 Å². The van der Waals surface area contributed by atoms with E-state index >= 15 is 0 Å². The van der Waals surface area contributed by atoms with Gasteiger partial charge < -0.3 is 33.9 Å². The van der Waals surface area contributed by atoms with Gasteiger partial charge in [0.05, 0.1) is 46.0 Å². The lowest BCUT2D eigenvalue weighted by molar-refractivity contribution is -0.112. The van der Waals surface area contributed by atoms with Crippen molar-refractivity contribution >= 4 is 23.4 Å². The Balaban J connectivity index is 1.76. The molecule has 0 radical (unpaired) electrons. The number of aromatic hydroxyl groups is 1. The average molecular weight is 533 g/mol. The lowest BCUT2D eigenvalue weighted by atomic mass is 9.91. The number of Topliss-reactive ketones (excluding diaryl/α,β-unsaturated/α-hetero) is 1. The predicted molar refractivity (Wildman–Crippen MR) is 144 cm³/mol. The summed E-state index contributed by atoms with van der Waals surface area (Å²) in [5.41, 5.74) is 0.739. The summed E-state index contributed by atoms with van der Waals surface area (Å²) in [5.74, 6) is 0.175. The molecule has 39 heavy (non-hydrogen) atoms. The number of hydrogen-bond acceptors (Lipinski definition) is 9. The van der Waals surface area contributed by atoms with E-state index in [0.717, 1.165) is 0 Å². The lowest BCUT2D eigenvalue weighted by Crippen LogP contribution is -2.31. The van der Waals surface area contributed by atoms with Crippen molar-refractivity contribution in [1.82, 2.24) is 0 Å². The van der Waals surface area contributed by atoms with Gasteiger partial charge in [-0.05, 0) is 35.9 Å². The third-order valence-electron chi connectivity index (χ3n) is 6.25. The van der Waals surface area contributed by atoms with E-state index in [-0.39, 0.29) is 46.1 Å². The van der Waals surface area contributed by atoms with Gasteiger partial charge in [-0.25, -0.2) is 0 Å². The van der Waals surface area contributed by atoms with Crippen molar-refractivity contribution in [2.75, 3.05) is 28.4 Å². The quantitative estimate of drug-likeness (QED) is 0.274. The highest BCUT2D eigenvalue weighted by Crippen LogP contribution is 2.44. The summed E-state index contributed by atoms with van der Waals surface area (Å²) in [5, 5.41) is 21.5. The van der Waals surface area contributed by atoms with Gasteiger partial charge in [-0.1, -0.05) is 24.3 Å². The smallest absolute Gasteiger partial charge is 0.189 e. The van der Waals surface area contributed by atoms with Gasteiger partial charge in [0.25, 0.3) is 0 Å². The van der Waals surface area contributed by atoms with E-state index in [1.807, 2.05) is 0 Å². The van der Waals surface area contributed by atoms with Crippen LogP contribution >= 0.6 is 0 Å². The van der Waals surface area contributed by atoms with Crippen LogP contribution in [0.1, 0.15) is 27.9 Å². The largest absolute Gasteiger partial charge is 0.507 e. The van der Waals surface area contributed by atoms with Gasteiger partial charge in [-0.2, -0.15) is 0 Å². The Labute approximate surface area is 225 Å². The number of rotatable bonds is 10. The molecule has 1 aliphatic rings. The predicted octanol–water partition coefficient (Wildman–Crippen LogP) is 5.01. The number of para-hydroxylation sites is 1. The van der Waals surface area contributed by atoms with Crippen LogP contribution in [0.25, 0.3) is 11.8 Å². The van der Waals surface area contributed by atoms with E-state index in [0.29, 0.717) is 22.8 Å². The second-order valence-corrected chi connectivity index (χ2v) is 8.53. The number of hydrogen-bond donors (Lipinski definition) is 2. The monoisotopic (exact) mass is 532 g/mol. The zero-order valence-corrected chi connectivity index (χ0v) is 21.9. The molecule has 9 heteroatoms. The van der Waals surface area contributed by atoms with Crippen LogP contribution in [0.3, 0.4) is 0 Å². The van der Waals surface area contributed by atoms with E-state index in [9.17, 15) is 19.8 Å². The van der Waals surface area contributed by atoms with Crippen LogP contribution < -0.4 is 23.7 Å². The van der Waals surface area contributed by atoms with Gasteiger partial charge in [0.15, 0.2) is 23.1 Å². The van der Waals surface area contributed by atoms with Crippen molar-refractivity contribution in [3.63, 3.8) is 0 Å². The summed E-state index contributed by atoms with van der Waals surface area (Å²) in [4.78, 5) is 26.6. The first-order valence-corrected chi connectivity index (χ1v) is 11.9. The molecule has 3 aromatic rings. The molecule has 1 atom stereocenters. The molecule has 9 nitrogen and oxygen atoms in total. The van der Waals surface area contributed by atoms with Crippen LogP contribution in [0.4, 0.5) is 0 Å². The first-order chi connectivity index (χ1) is 18.8. The normalized spacial score (nSPS) is 14.4. The maximum Gasteiger partial charge on any atom is 0.189 e. The van der Waals surface area contributed by atoms with Crippen molar-refractivity contribution in [3.05, 3.63) is 82.9 Å². The van der Waals surface area contributed by atoms with Crippen molar-refractivity contribution in [3.8, 4) is 34.5 Å². The lowest BCUT2D eigenvalue weighted by Gasteiger charge is -2.29. The maximum atomic E-state index is 13.5. The fourth-order valence-electron chi connectivity index (χ4n) is 4.30. The molecule has 0 spiro atoms. The second-order valence-electron chi connectivity index (χ2n) is 8.53. The van der Waals surface area contributed by atoms with Crippen LogP contribution in [-0.2, 0) is 4.79 Å². The highest BCUT2D eigenvalue weighted by molar-refractivity contribution is 6.13. The molecule has 0 bridgehead atoms. The molecule has 0 aliphatic carbocycles. The minimum Gasteiger partial charge on any atom is -0.507 e. The number of aliphatic hydroxyl groups is 1. The molecule has 202 valence electrons. The number of allylic oxidation sites excluding steroid dienone is 1. The molecule has 1 aliphatic heterocycles. The summed E-state index contributed by atoms with van der Waals surface area (Å²) in [7, 11) is 5.90. The van der Waals surface area contributed by atoms with Crippen molar-refractivity contribution < 1.29 is 43.5 Å². The number of methoxy groups -OCH3 is 4.